The van der Waals surface area contributed by atoms with Crippen molar-refractivity contribution in [2.24, 2.45) is 0 Å². The fourth-order valence-corrected chi connectivity index (χ4v) is 12.6. The molecule has 0 amide bonds. The number of rotatable bonds is 36. The van der Waals surface area contributed by atoms with E-state index >= 15 is 0 Å². The van der Waals surface area contributed by atoms with E-state index in [1.54, 1.807) is 13.2 Å². The normalized spacial score (nSPS) is 26.0. The van der Waals surface area contributed by atoms with E-state index in [1.807, 2.05) is 213 Å². The van der Waals surface area contributed by atoms with Crippen molar-refractivity contribution in [3.05, 3.63) is 258 Å². The SMILES string of the molecule is C=CCO[C@@H]1[C@H](OC(C)=O)[C@@H](O[C@H]2[C@H](OCc3ccccc3)[C@@H](OCc3ccccc3)[C@H](OCC[Si](C)(C)C)O[C@@H]2COCc2ccc(OC)cc2)O[C@H](COCc2ccccc2)[C@H]1O[C@@H]1O[C@@H](C)[C@@H](OCc2ccccc2)[C@@H](OCc2ccccc2)[C@@H]1OCc1ccccc1. The molecule has 18 heteroatoms. The Balaban J connectivity index is 1.05. The Morgan fingerprint density at radius 2 is 0.771 bits per heavy atom. The lowest BCUT2D eigenvalue weighted by atomic mass is 9.95. The zero-order valence-electron chi connectivity index (χ0n) is 56.0. The summed E-state index contributed by atoms with van der Waals surface area (Å²) in [4.78, 5) is 14.0. The van der Waals surface area contributed by atoms with Crippen LogP contribution in [0.3, 0.4) is 0 Å². The minimum atomic E-state index is -1.63. The number of carbonyl (C=O) groups is 1. The Labute approximate surface area is 567 Å². The lowest BCUT2D eigenvalue weighted by Crippen LogP contribution is -2.68. The highest BCUT2D eigenvalue weighted by Gasteiger charge is 2.57. The smallest absolute Gasteiger partial charge is 0.303 e. The first-order valence-corrected chi connectivity index (χ1v) is 37.0. The number of ether oxygens (including phenoxy) is 16. The fourth-order valence-electron chi connectivity index (χ4n) is 11.8. The van der Waals surface area contributed by atoms with Crippen LogP contribution < -0.4 is 4.74 Å². The third-order valence-electron chi connectivity index (χ3n) is 16.9. The minimum Gasteiger partial charge on any atom is -0.497 e. The molecule has 3 saturated heterocycles. The van der Waals surface area contributed by atoms with Crippen molar-refractivity contribution in [2.45, 2.75) is 178 Å². The van der Waals surface area contributed by atoms with Crippen LogP contribution in [0.15, 0.2) is 219 Å². The first-order chi connectivity index (χ1) is 46.9. The van der Waals surface area contributed by atoms with Crippen molar-refractivity contribution < 1.29 is 80.6 Å². The van der Waals surface area contributed by atoms with Crippen molar-refractivity contribution in [1.82, 2.24) is 0 Å². The molecule has 0 bridgehead atoms. The molecular weight excluding hydrogens is 1240 g/mol. The fraction of sp³-hybridized carbons (Fsp3) is 0.423. The van der Waals surface area contributed by atoms with E-state index in [9.17, 15) is 4.79 Å². The summed E-state index contributed by atoms with van der Waals surface area (Å²) in [6.07, 6.45) is -13.5. The summed E-state index contributed by atoms with van der Waals surface area (Å²) in [6, 6.07) is 67.9. The summed E-state index contributed by atoms with van der Waals surface area (Å²) in [5.41, 5.74) is 6.48. The summed E-state index contributed by atoms with van der Waals surface area (Å²) in [5, 5.41) is 0. The average molecular weight is 1330 g/mol. The highest BCUT2D eigenvalue weighted by molar-refractivity contribution is 6.76. The molecule has 3 heterocycles. The van der Waals surface area contributed by atoms with Crippen molar-refractivity contribution in [1.29, 1.82) is 0 Å². The standard InChI is InChI=1S/C78H94O17Si/c1-8-43-83-72-69(94-77-74(89-52-62-37-25-14-26-38-62)70(86-49-59-31-19-11-20-32-59)67(55(2)90-77)85-48-58-29-17-10-18-30-58)66(54-81-46-57-27-15-9-16-28-57)93-78(75(72)91-56(3)79)95-68-65(53-82-47-63-39-41-64(80-4)42-40-63)92-76(84-44-45-96(5,6)7)73(88-51-61-35-23-13-24-36-61)71(68)87-50-60-33-21-12-22-34-60/h8-42,55,65-78H,1,43-54H2,2-7H3/t55-,65+,66+,67+,68+,69+,70+,71-,72-,73+,74-,75-,76+,77-,78+/m0/s1. The first-order valence-electron chi connectivity index (χ1n) is 33.3. The van der Waals surface area contributed by atoms with Gasteiger partial charge in [0.25, 0.3) is 0 Å². The van der Waals surface area contributed by atoms with Crippen LogP contribution in [0.4, 0.5) is 0 Å². The second kappa shape index (κ2) is 37.2. The zero-order valence-corrected chi connectivity index (χ0v) is 57.0. The molecule has 10 rings (SSSR count). The van der Waals surface area contributed by atoms with Gasteiger partial charge in [-0.3, -0.25) is 4.79 Å². The maximum atomic E-state index is 14.0. The summed E-state index contributed by atoms with van der Waals surface area (Å²) < 4.78 is 111. The molecule has 0 saturated carbocycles. The second-order valence-corrected chi connectivity index (χ2v) is 31.1. The van der Waals surface area contributed by atoms with Gasteiger partial charge >= 0.3 is 5.97 Å². The van der Waals surface area contributed by atoms with Gasteiger partial charge in [0.2, 0.25) is 0 Å². The molecule has 512 valence electrons. The maximum Gasteiger partial charge on any atom is 0.303 e. The molecule has 3 aliphatic rings. The Kier molecular flexibility index (Phi) is 27.9. The van der Waals surface area contributed by atoms with Crippen molar-refractivity contribution in [2.75, 3.05) is 33.5 Å². The molecule has 7 aromatic rings. The lowest BCUT2D eigenvalue weighted by Gasteiger charge is -2.51. The molecule has 3 fully saturated rings. The third-order valence-corrected chi connectivity index (χ3v) is 18.6. The van der Waals surface area contributed by atoms with E-state index in [2.05, 4.69) is 26.2 Å². The summed E-state index contributed by atoms with van der Waals surface area (Å²) in [6.45, 7) is 15.9. The van der Waals surface area contributed by atoms with Gasteiger partial charge in [-0.25, -0.2) is 0 Å². The van der Waals surface area contributed by atoms with Crippen LogP contribution in [-0.2, 0) is 122 Å². The quantitative estimate of drug-likeness (QED) is 0.0207. The van der Waals surface area contributed by atoms with E-state index in [0.717, 1.165) is 50.7 Å². The van der Waals surface area contributed by atoms with E-state index in [0.29, 0.717) is 6.61 Å². The minimum absolute atomic E-state index is 0.0102. The Hall–Kier alpha value is -6.79. The van der Waals surface area contributed by atoms with E-state index < -0.39 is 106 Å². The number of benzene rings is 7. The molecule has 15 atom stereocenters. The number of carbonyl (C=O) groups excluding carboxylic acids is 1. The maximum absolute atomic E-state index is 14.0. The lowest BCUT2D eigenvalue weighted by molar-refractivity contribution is -0.389. The zero-order chi connectivity index (χ0) is 66.9. The van der Waals surface area contributed by atoms with Gasteiger partial charge in [0, 0.05) is 21.6 Å². The Bertz CT molecular complexity index is 3320. The van der Waals surface area contributed by atoms with Crippen LogP contribution in [0.1, 0.15) is 52.8 Å². The molecule has 3 aliphatic heterocycles. The van der Waals surface area contributed by atoms with Crippen LogP contribution in [0, 0.1) is 0 Å². The highest BCUT2D eigenvalue weighted by Crippen LogP contribution is 2.39. The molecule has 7 aromatic carbocycles. The van der Waals surface area contributed by atoms with E-state index in [4.69, 9.17) is 75.8 Å². The van der Waals surface area contributed by atoms with Gasteiger partial charge in [0.05, 0.1) is 79.3 Å². The topological polar surface area (TPSA) is 165 Å². The van der Waals surface area contributed by atoms with Gasteiger partial charge < -0.3 is 75.8 Å². The number of esters is 1. The average Bonchev–Trinajstić information content (AvgIpc) is 0.769. The van der Waals surface area contributed by atoms with Crippen LogP contribution >= 0.6 is 0 Å². The second-order valence-electron chi connectivity index (χ2n) is 25.5. The number of hydrogen-bond acceptors (Lipinski definition) is 17. The molecular formula is C78H94O17Si. The van der Waals surface area contributed by atoms with Gasteiger partial charge in [0.1, 0.15) is 66.8 Å². The van der Waals surface area contributed by atoms with Crippen molar-refractivity contribution in [3.63, 3.8) is 0 Å². The molecule has 0 aliphatic carbocycles. The van der Waals surface area contributed by atoms with Crippen LogP contribution in [-0.4, -0.2) is 140 Å². The molecule has 17 nitrogen and oxygen atoms in total. The molecule has 0 N–H and O–H groups in total. The highest BCUT2D eigenvalue weighted by atomic mass is 28.3. The molecule has 0 unspecified atom stereocenters. The molecule has 0 spiro atoms. The summed E-state index contributed by atoms with van der Waals surface area (Å²) in [7, 11) is 0.00199. The van der Waals surface area contributed by atoms with Gasteiger partial charge in [-0.05, 0) is 64.0 Å². The van der Waals surface area contributed by atoms with Gasteiger partial charge in [-0.2, -0.15) is 0 Å². The van der Waals surface area contributed by atoms with Crippen LogP contribution in [0.2, 0.25) is 25.7 Å². The third kappa shape index (κ3) is 21.6. The van der Waals surface area contributed by atoms with E-state index in [-0.39, 0.29) is 66.1 Å². The van der Waals surface area contributed by atoms with Gasteiger partial charge in [-0.1, -0.05) is 220 Å². The summed E-state index contributed by atoms with van der Waals surface area (Å²) >= 11 is 0. The largest absolute Gasteiger partial charge is 0.497 e. The van der Waals surface area contributed by atoms with Gasteiger partial charge in [-0.15, -0.1) is 6.58 Å². The predicted molar refractivity (Wildman–Crippen MR) is 365 cm³/mol. The molecule has 96 heavy (non-hydrogen) atoms. The molecule has 0 aromatic heterocycles. The molecule has 0 radical (unpaired) electrons. The van der Waals surface area contributed by atoms with E-state index in [1.165, 1.54) is 6.92 Å². The van der Waals surface area contributed by atoms with Gasteiger partial charge in [0.15, 0.2) is 25.0 Å². The predicted octanol–water partition coefficient (Wildman–Crippen LogP) is 13.2. The first kappa shape index (κ1) is 72.0. The number of methoxy groups -OCH3 is 1. The monoisotopic (exact) mass is 1330 g/mol. The van der Waals surface area contributed by atoms with Crippen LogP contribution in [0.25, 0.3) is 0 Å². The van der Waals surface area contributed by atoms with Crippen molar-refractivity contribution >= 4 is 14.0 Å². The summed E-state index contributed by atoms with van der Waals surface area (Å²) in [5.74, 6) is 0.0759. The van der Waals surface area contributed by atoms with Crippen molar-refractivity contribution in [3.8, 4) is 5.75 Å². The number of hydrogen-bond donors (Lipinski definition) is 0. The van der Waals surface area contributed by atoms with Crippen LogP contribution in [0.5, 0.6) is 5.75 Å². The Morgan fingerprint density at radius 1 is 0.417 bits per heavy atom. The Morgan fingerprint density at radius 3 is 1.18 bits per heavy atom.